The average Bonchev–Trinajstić information content (AvgIpc) is 3.72. The smallest absolute Gasteiger partial charge is 0.0547 e. The molecule has 0 fully saturated rings. The number of para-hydroxylation sites is 2. The second kappa shape index (κ2) is 13.0. The van der Waals surface area contributed by atoms with Crippen LogP contribution in [-0.4, -0.2) is 4.57 Å². The fraction of sp³-hybridized carbons (Fsp3) is 0.0545. The molecule has 0 atom stereocenters. The van der Waals surface area contributed by atoms with Crippen molar-refractivity contribution in [1.29, 1.82) is 0 Å². The van der Waals surface area contributed by atoms with Gasteiger partial charge in [-0.05, 0) is 122 Å². The Labute approximate surface area is 333 Å². The van der Waals surface area contributed by atoms with Crippen LogP contribution in [0.15, 0.2) is 206 Å². The zero-order chi connectivity index (χ0) is 38.1. The second-order valence-corrected chi connectivity index (χ2v) is 15.8. The summed E-state index contributed by atoms with van der Waals surface area (Å²) in [5.41, 5.74) is 17.1. The van der Waals surface area contributed by atoms with E-state index in [1.807, 2.05) is 0 Å². The highest BCUT2D eigenvalue weighted by atomic mass is 15.1. The normalized spacial score (nSPS) is 12.9. The lowest BCUT2D eigenvalue weighted by Crippen LogP contribution is -2.16. The van der Waals surface area contributed by atoms with Gasteiger partial charge >= 0.3 is 0 Å². The molecule has 0 bridgehead atoms. The SMILES string of the molecule is CC1(C)c2ccccc2-c2ccc(N(c3ccc(-c4ccc5ccccc5c4)cc3)c3ccc(-c4ccc5c6ccccc6n(-c6ccccc6)c5c4)cc3)cc21. The van der Waals surface area contributed by atoms with Gasteiger partial charge in [-0.25, -0.2) is 0 Å². The van der Waals surface area contributed by atoms with Gasteiger partial charge in [0.15, 0.2) is 0 Å². The van der Waals surface area contributed by atoms with E-state index in [9.17, 15) is 0 Å². The van der Waals surface area contributed by atoms with E-state index < -0.39 is 0 Å². The number of hydrogen-bond donors (Lipinski definition) is 0. The van der Waals surface area contributed by atoms with Crippen LogP contribution in [0.3, 0.4) is 0 Å². The summed E-state index contributed by atoms with van der Waals surface area (Å²) in [4.78, 5) is 2.41. The van der Waals surface area contributed by atoms with E-state index in [1.165, 1.54) is 82.8 Å². The molecule has 1 aromatic heterocycles. The average molecular weight is 729 g/mol. The van der Waals surface area contributed by atoms with Crippen LogP contribution >= 0.6 is 0 Å². The summed E-state index contributed by atoms with van der Waals surface area (Å²) in [5, 5.41) is 5.03. The van der Waals surface area contributed by atoms with Crippen LogP contribution in [0.4, 0.5) is 17.1 Å². The molecular formula is C55H40N2. The first kappa shape index (κ1) is 33.2. The molecule has 57 heavy (non-hydrogen) atoms. The topological polar surface area (TPSA) is 8.17 Å². The Hall–Kier alpha value is -7.16. The fourth-order valence-corrected chi connectivity index (χ4v) is 9.26. The van der Waals surface area contributed by atoms with Crippen molar-refractivity contribution in [2.45, 2.75) is 19.3 Å². The van der Waals surface area contributed by atoms with Gasteiger partial charge in [-0.3, -0.25) is 0 Å². The molecule has 270 valence electrons. The highest BCUT2D eigenvalue weighted by Crippen LogP contribution is 2.50. The number of hydrogen-bond acceptors (Lipinski definition) is 1. The van der Waals surface area contributed by atoms with Gasteiger partial charge in [-0.2, -0.15) is 0 Å². The lowest BCUT2D eigenvalue weighted by molar-refractivity contribution is 0.660. The number of rotatable bonds is 6. The van der Waals surface area contributed by atoms with Gasteiger partial charge in [0.05, 0.1) is 11.0 Å². The Morgan fingerprint density at radius 3 is 1.70 bits per heavy atom. The standard InChI is InChI=1S/C55H40N2/c1-55(2)51-18-10-8-16-47(51)48-33-31-46(36-52(48)55)56(44-27-22-38(23-28-44)41-21-20-37-12-6-7-13-40(37)34-41)45-29-24-39(25-30-45)42-26-32-50-49-17-9-11-19-53(49)57(54(50)35-42)43-14-4-3-5-15-43/h3-36H,1-2H3. The molecule has 1 aliphatic carbocycles. The van der Waals surface area contributed by atoms with E-state index >= 15 is 0 Å². The summed E-state index contributed by atoms with van der Waals surface area (Å²) in [6.07, 6.45) is 0. The predicted octanol–water partition coefficient (Wildman–Crippen LogP) is 15.0. The quantitative estimate of drug-likeness (QED) is 0.165. The van der Waals surface area contributed by atoms with Crippen LogP contribution in [0.25, 0.3) is 71.6 Å². The maximum Gasteiger partial charge on any atom is 0.0547 e. The number of anilines is 3. The first-order valence-corrected chi connectivity index (χ1v) is 19.8. The number of fused-ring (bicyclic) bond motifs is 7. The molecule has 0 amide bonds. The minimum absolute atomic E-state index is 0.0989. The monoisotopic (exact) mass is 728 g/mol. The van der Waals surface area contributed by atoms with Crippen LogP contribution in [0.5, 0.6) is 0 Å². The van der Waals surface area contributed by atoms with E-state index in [0.29, 0.717) is 0 Å². The van der Waals surface area contributed by atoms with Gasteiger partial charge in [0.1, 0.15) is 0 Å². The van der Waals surface area contributed by atoms with Crippen LogP contribution in [0.1, 0.15) is 25.0 Å². The van der Waals surface area contributed by atoms with Crippen molar-refractivity contribution in [1.82, 2.24) is 4.57 Å². The summed E-state index contributed by atoms with van der Waals surface area (Å²) in [6, 6.07) is 75.6. The van der Waals surface area contributed by atoms with Crippen LogP contribution < -0.4 is 4.90 Å². The maximum absolute atomic E-state index is 2.41. The molecule has 0 N–H and O–H groups in total. The third-order valence-corrected chi connectivity index (χ3v) is 12.2. The lowest BCUT2D eigenvalue weighted by Gasteiger charge is -2.28. The maximum atomic E-state index is 2.41. The molecule has 0 saturated carbocycles. The van der Waals surface area contributed by atoms with E-state index in [0.717, 1.165) is 17.1 Å². The summed E-state index contributed by atoms with van der Waals surface area (Å²) in [6.45, 7) is 4.71. The summed E-state index contributed by atoms with van der Waals surface area (Å²) in [7, 11) is 0. The molecule has 9 aromatic carbocycles. The fourth-order valence-electron chi connectivity index (χ4n) is 9.26. The highest BCUT2D eigenvalue weighted by Gasteiger charge is 2.35. The summed E-state index contributed by atoms with van der Waals surface area (Å²) in [5.74, 6) is 0. The molecular weight excluding hydrogens is 689 g/mol. The van der Waals surface area contributed by atoms with Crippen molar-refractivity contribution < 1.29 is 0 Å². The molecule has 0 spiro atoms. The van der Waals surface area contributed by atoms with Crippen molar-refractivity contribution in [2.75, 3.05) is 4.90 Å². The molecule has 10 aromatic rings. The Bertz CT molecular complexity index is 3130. The van der Waals surface area contributed by atoms with Gasteiger partial charge in [-0.15, -0.1) is 0 Å². The summed E-state index contributed by atoms with van der Waals surface area (Å²) < 4.78 is 2.39. The predicted molar refractivity (Wildman–Crippen MR) is 241 cm³/mol. The first-order valence-electron chi connectivity index (χ1n) is 19.8. The van der Waals surface area contributed by atoms with Crippen molar-refractivity contribution in [3.63, 3.8) is 0 Å². The Kier molecular flexibility index (Phi) is 7.55. The Balaban J connectivity index is 1.01. The summed E-state index contributed by atoms with van der Waals surface area (Å²) >= 11 is 0. The Morgan fingerprint density at radius 2 is 0.930 bits per heavy atom. The highest BCUT2D eigenvalue weighted by molar-refractivity contribution is 6.10. The van der Waals surface area contributed by atoms with Gasteiger partial charge in [-0.1, -0.05) is 153 Å². The third kappa shape index (κ3) is 5.40. The van der Waals surface area contributed by atoms with Crippen LogP contribution in [0, 0.1) is 0 Å². The number of aromatic nitrogens is 1. The molecule has 2 heteroatoms. The molecule has 1 heterocycles. The molecule has 0 radical (unpaired) electrons. The van der Waals surface area contributed by atoms with Crippen LogP contribution in [0.2, 0.25) is 0 Å². The lowest BCUT2D eigenvalue weighted by atomic mass is 9.82. The molecule has 2 nitrogen and oxygen atoms in total. The minimum Gasteiger partial charge on any atom is -0.310 e. The number of benzene rings is 9. The molecule has 11 rings (SSSR count). The van der Waals surface area contributed by atoms with Crippen molar-refractivity contribution in [2.24, 2.45) is 0 Å². The second-order valence-electron chi connectivity index (χ2n) is 15.8. The zero-order valence-corrected chi connectivity index (χ0v) is 32.0. The third-order valence-electron chi connectivity index (χ3n) is 12.2. The van der Waals surface area contributed by atoms with Gasteiger partial charge in [0.2, 0.25) is 0 Å². The van der Waals surface area contributed by atoms with E-state index in [4.69, 9.17) is 0 Å². The molecule has 0 unspecified atom stereocenters. The van der Waals surface area contributed by atoms with E-state index in [2.05, 4.69) is 230 Å². The number of nitrogens with zero attached hydrogens (tertiary/aromatic N) is 2. The molecule has 1 aliphatic rings. The van der Waals surface area contributed by atoms with Gasteiger partial charge in [0, 0.05) is 38.9 Å². The van der Waals surface area contributed by atoms with Crippen LogP contribution in [-0.2, 0) is 5.41 Å². The van der Waals surface area contributed by atoms with Gasteiger partial charge in [0.25, 0.3) is 0 Å². The molecule has 0 aliphatic heterocycles. The zero-order valence-electron chi connectivity index (χ0n) is 32.0. The van der Waals surface area contributed by atoms with E-state index in [1.54, 1.807) is 0 Å². The van der Waals surface area contributed by atoms with Crippen molar-refractivity contribution in [3.05, 3.63) is 217 Å². The molecule has 0 saturated heterocycles. The largest absolute Gasteiger partial charge is 0.310 e. The van der Waals surface area contributed by atoms with Crippen molar-refractivity contribution in [3.8, 4) is 39.1 Å². The van der Waals surface area contributed by atoms with Gasteiger partial charge < -0.3 is 9.47 Å². The Morgan fingerprint density at radius 1 is 0.368 bits per heavy atom. The first-order chi connectivity index (χ1) is 28.0. The minimum atomic E-state index is -0.0989. The van der Waals surface area contributed by atoms with Crippen molar-refractivity contribution >= 4 is 49.6 Å². The van der Waals surface area contributed by atoms with E-state index in [-0.39, 0.29) is 5.41 Å².